The van der Waals surface area contributed by atoms with Crippen LogP contribution in [0.5, 0.6) is 0 Å². The molecule has 0 atom stereocenters. The lowest BCUT2D eigenvalue weighted by molar-refractivity contribution is 1.17. The zero-order valence-electron chi connectivity index (χ0n) is 7.78. The molecule has 2 rings (SSSR count). The normalized spacial score (nSPS) is 10.5. The van der Waals surface area contributed by atoms with Crippen molar-refractivity contribution in [3.8, 4) is 11.5 Å². The number of aromatic nitrogens is 3. The van der Waals surface area contributed by atoms with Crippen molar-refractivity contribution in [3.05, 3.63) is 27.9 Å². The van der Waals surface area contributed by atoms with Crippen LogP contribution in [-0.4, -0.2) is 14.3 Å². The number of hydrogen-bond acceptors (Lipinski definition) is 4. The molecule has 0 saturated carbocycles. The summed E-state index contributed by atoms with van der Waals surface area (Å²) in [7, 11) is 0. The van der Waals surface area contributed by atoms with Gasteiger partial charge in [0, 0.05) is 6.20 Å². The summed E-state index contributed by atoms with van der Waals surface area (Å²) in [5.74, 6) is 0.609. The number of hydrogen-bond donors (Lipinski definition) is 0. The Morgan fingerprint density at radius 3 is 2.71 bits per heavy atom. The van der Waals surface area contributed by atoms with Gasteiger partial charge in [-0.25, -0.2) is 4.98 Å². The number of nitrogens with zero attached hydrogens (tertiary/aromatic N) is 3. The van der Waals surface area contributed by atoms with Crippen LogP contribution in [-0.2, 0) is 0 Å². The first-order chi connectivity index (χ1) is 6.66. The molecule has 0 bridgehead atoms. The molecule has 5 heteroatoms. The highest BCUT2D eigenvalue weighted by Gasteiger charge is 2.09. The number of pyridine rings is 1. The molecule has 2 aromatic heterocycles. The Bertz CT molecular complexity index is 467. The Morgan fingerprint density at radius 1 is 1.36 bits per heavy atom. The van der Waals surface area contributed by atoms with Gasteiger partial charge in [0.25, 0.3) is 0 Å². The van der Waals surface area contributed by atoms with Gasteiger partial charge in [-0.1, -0.05) is 6.07 Å². The van der Waals surface area contributed by atoms with Crippen molar-refractivity contribution in [1.29, 1.82) is 0 Å². The average molecular weight is 226 g/mol. The van der Waals surface area contributed by atoms with Crippen LogP contribution in [0.3, 0.4) is 0 Å². The van der Waals surface area contributed by atoms with E-state index in [1.165, 1.54) is 11.5 Å². The second-order valence-corrected chi connectivity index (χ2v) is 4.38. The van der Waals surface area contributed by atoms with E-state index in [1.54, 1.807) is 6.20 Å². The third-order valence-electron chi connectivity index (χ3n) is 1.83. The molecule has 0 spiro atoms. The van der Waals surface area contributed by atoms with Gasteiger partial charge in [-0.2, -0.15) is 4.37 Å². The Hall–Kier alpha value is -1.00. The molecule has 0 unspecified atom stereocenters. The monoisotopic (exact) mass is 225 g/mol. The van der Waals surface area contributed by atoms with Crippen LogP contribution in [0.25, 0.3) is 11.5 Å². The van der Waals surface area contributed by atoms with E-state index in [9.17, 15) is 0 Å². The molecule has 0 amide bonds. The first kappa shape index (κ1) is 9.55. The highest BCUT2D eigenvalue weighted by atomic mass is 35.5. The summed E-state index contributed by atoms with van der Waals surface area (Å²) in [6, 6.07) is 2.05. The predicted molar refractivity (Wildman–Crippen MR) is 57.6 cm³/mol. The van der Waals surface area contributed by atoms with Gasteiger partial charge >= 0.3 is 0 Å². The van der Waals surface area contributed by atoms with Crippen LogP contribution in [0.15, 0.2) is 12.3 Å². The fourth-order valence-electron chi connectivity index (χ4n) is 1.25. The van der Waals surface area contributed by atoms with Gasteiger partial charge in [-0.05, 0) is 48.1 Å². The van der Waals surface area contributed by atoms with E-state index < -0.39 is 0 Å². The molecule has 0 aromatic carbocycles. The molecular formula is C9H8ClN3S. The quantitative estimate of drug-likeness (QED) is 0.749. The fourth-order valence-corrected chi connectivity index (χ4v) is 1.85. The number of halogens is 1. The SMILES string of the molecule is Cc1cnc(-c2nsc(Cl)n2)c(C)c1. The third-order valence-corrected chi connectivity index (χ3v) is 2.63. The molecule has 2 aromatic rings. The van der Waals surface area contributed by atoms with Crippen LogP contribution in [0.2, 0.25) is 4.47 Å². The maximum absolute atomic E-state index is 5.71. The van der Waals surface area contributed by atoms with Gasteiger partial charge in [0.15, 0.2) is 5.82 Å². The van der Waals surface area contributed by atoms with E-state index in [0.717, 1.165) is 16.8 Å². The maximum Gasteiger partial charge on any atom is 0.203 e. The van der Waals surface area contributed by atoms with E-state index in [2.05, 4.69) is 20.4 Å². The van der Waals surface area contributed by atoms with Gasteiger partial charge in [-0.3, -0.25) is 4.98 Å². The molecule has 0 N–H and O–H groups in total. The largest absolute Gasteiger partial charge is 0.252 e. The second kappa shape index (κ2) is 3.63. The van der Waals surface area contributed by atoms with E-state index in [4.69, 9.17) is 11.6 Å². The minimum absolute atomic E-state index is 0.446. The molecule has 0 fully saturated rings. The van der Waals surface area contributed by atoms with E-state index >= 15 is 0 Å². The van der Waals surface area contributed by atoms with Gasteiger partial charge < -0.3 is 0 Å². The zero-order valence-corrected chi connectivity index (χ0v) is 9.35. The van der Waals surface area contributed by atoms with Gasteiger partial charge in [-0.15, -0.1) is 0 Å². The molecule has 3 nitrogen and oxygen atoms in total. The van der Waals surface area contributed by atoms with Crippen molar-refractivity contribution in [2.45, 2.75) is 13.8 Å². The molecule has 0 radical (unpaired) electrons. The summed E-state index contributed by atoms with van der Waals surface area (Å²) in [6.45, 7) is 4.00. The molecule has 0 aliphatic rings. The lowest BCUT2D eigenvalue weighted by Gasteiger charge is -2.00. The van der Waals surface area contributed by atoms with Crippen molar-refractivity contribution < 1.29 is 0 Å². The van der Waals surface area contributed by atoms with Crippen LogP contribution in [0.4, 0.5) is 0 Å². The van der Waals surface area contributed by atoms with Crippen LogP contribution in [0.1, 0.15) is 11.1 Å². The minimum Gasteiger partial charge on any atom is -0.252 e. The van der Waals surface area contributed by atoms with Crippen molar-refractivity contribution in [3.63, 3.8) is 0 Å². The molecule has 72 valence electrons. The predicted octanol–water partition coefficient (Wildman–Crippen LogP) is 2.87. The first-order valence-corrected chi connectivity index (χ1v) is 5.25. The highest BCUT2D eigenvalue weighted by molar-refractivity contribution is 7.10. The molecule has 2 heterocycles. The third kappa shape index (κ3) is 1.76. The van der Waals surface area contributed by atoms with Crippen molar-refractivity contribution in [1.82, 2.24) is 14.3 Å². The highest BCUT2D eigenvalue weighted by Crippen LogP contribution is 2.22. The number of rotatable bonds is 1. The summed E-state index contributed by atoms with van der Waals surface area (Å²) < 4.78 is 4.56. The van der Waals surface area contributed by atoms with Crippen molar-refractivity contribution in [2.24, 2.45) is 0 Å². The summed E-state index contributed by atoms with van der Waals surface area (Å²) in [5.41, 5.74) is 3.01. The standard InChI is InChI=1S/C9H8ClN3S/c1-5-3-6(2)7(11-4-5)8-12-9(10)14-13-8/h3-4H,1-2H3. The fraction of sp³-hybridized carbons (Fsp3) is 0.222. The van der Waals surface area contributed by atoms with E-state index in [-0.39, 0.29) is 0 Å². The summed E-state index contributed by atoms with van der Waals surface area (Å²) in [4.78, 5) is 8.37. The Labute approximate surface area is 91.0 Å². The molecule has 14 heavy (non-hydrogen) atoms. The van der Waals surface area contributed by atoms with Gasteiger partial charge in [0.2, 0.25) is 4.47 Å². The van der Waals surface area contributed by atoms with Gasteiger partial charge in [0.05, 0.1) is 0 Å². The molecule has 0 aliphatic heterocycles. The lowest BCUT2D eigenvalue weighted by atomic mass is 10.1. The summed E-state index contributed by atoms with van der Waals surface area (Å²) >= 11 is 6.89. The minimum atomic E-state index is 0.446. The second-order valence-electron chi connectivity index (χ2n) is 3.05. The van der Waals surface area contributed by atoms with Crippen LogP contribution in [0, 0.1) is 13.8 Å². The molecular weight excluding hydrogens is 218 g/mol. The lowest BCUT2D eigenvalue weighted by Crippen LogP contribution is -1.90. The average Bonchev–Trinajstić information content (AvgIpc) is 2.51. The number of aryl methyl sites for hydroxylation is 2. The topological polar surface area (TPSA) is 38.7 Å². The van der Waals surface area contributed by atoms with Crippen molar-refractivity contribution >= 4 is 23.1 Å². The van der Waals surface area contributed by atoms with E-state index in [1.807, 2.05) is 13.8 Å². The van der Waals surface area contributed by atoms with Crippen molar-refractivity contribution in [2.75, 3.05) is 0 Å². The molecule has 0 saturated heterocycles. The summed E-state index contributed by atoms with van der Waals surface area (Å²) in [5, 5.41) is 0. The van der Waals surface area contributed by atoms with Crippen LogP contribution < -0.4 is 0 Å². The Morgan fingerprint density at radius 2 is 2.14 bits per heavy atom. The van der Waals surface area contributed by atoms with Gasteiger partial charge in [0.1, 0.15) is 5.69 Å². The summed E-state index contributed by atoms with van der Waals surface area (Å²) in [6.07, 6.45) is 1.80. The maximum atomic E-state index is 5.71. The zero-order chi connectivity index (χ0) is 10.1. The van der Waals surface area contributed by atoms with E-state index in [0.29, 0.717) is 10.3 Å². The first-order valence-electron chi connectivity index (χ1n) is 4.09. The Balaban J connectivity index is 2.52. The van der Waals surface area contributed by atoms with Crippen LogP contribution >= 0.6 is 23.1 Å². The Kier molecular flexibility index (Phi) is 2.48. The smallest absolute Gasteiger partial charge is 0.203 e. The molecule has 0 aliphatic carbocycles.